The van der Waals surface area contributed by atoms with Crippen LogP contribution in [0.25, 0.3) is 0 Å². The minimum absolute atomic E-state index is 0.213. The molecule has 1 aliphatic rings. The summed E-state index contributed by atoms with van der Waals surface area (Å²) in [5.74, 6) is -0.956. The number of esters is 1. The van der Waals surface area contributed by atoms with Gasteiger partial charge in [-0.3, -0.25) is 4.79 Å². The van der Waals surface area contributed by atoms with Gasteiger partial charge in [-0.1, -0.05) is 6.92 Å². The van der Waals surface area contributed by atoms with Gasteiger partial charge in [-0.05, 0) is 18.9 Å². The number of ether oxygens (including phenoxy) is 2. The van der Waals surface area contributed by atoms with Gasteiger partial charge in [0.15, 0.2) is 0 Å². The van der Waals surface area contributed by atoms with E-state index < -0.39 is 5.79 Å². The molecule has 0 aromatic rings. The number of hydrogen-bond acceptors (Lipinski definition) is 3. The lowest BCUT2D eigenvalue weighted by atomic mass is 10.1. The Bertz CT molecular complexity index is 232. The maximum atomic E-state index is 11.0. The van der Waals surface area contributed by atoms with Crippen molar-refractivity contribution in [2.45, 2.75) is 45.8 Å². The summed E-state index contributed by atoms with van der Waals surface area (Å²) in [6.07, 6.45) is 3.72. The quantitative estimate of drug-likeness (QED) is 0.618. The molecule has 1 heterocycles. The number of rotatable bonds is 2. The minimum atomic E-state index is -0.743. The lowest BCUT2D eigenvalue weighted by Gasteiger charge is -2.31. The summed E-state index contributed by atoms with van der Waals surface area (Å²) in [7, 11) is 0. The Morgan fingerprint density at radius 1 is 1.77 bits per heavy atom. The highest BCUT2D eigenvalue weighted by Gasteiger charge is 2.31. The van der Waals surface area contributed by atoms with Gasteiger partial charge in [0.05, 0.1) is 6.26 Å². The molecule has 1 unspecified atom stereocenters. The topological polar surface area (TPSA) is 35.5 Å². The highest BCUT2D eigenvalue weighted by atomic mass is 16.7. The van der Waals surface area contributed by atoms with Crippen LogP contribution >= 0.6 is 0 Å². The van der Waals surface area contributed by atoms with Crippen LogP contribution in [0, 0.1) is 0 Å². The van der Waals surface area contributed by atoms with E-state index in [-0.39, 0.29) is 5.97 Å². The lowest BCUT2D eigenvalue weighted by Crippen LogP contribution is -2.35. The maximum Gasteiger partial charge on any atom is 0.308 e. The average Bonchev–Trinajstić information content (AvgIpc) is 2.10. The average molecular weight is 184 g/mol. The first-order valence-electron chi connectivity index (χ1n) is 4.61. The fraction of sp³-hybridized carbons (Fsp3) is 0.700. The van der Waals surface area contributed by atoms with Gasteiger partial charge >= 0.3 is 5.97 Å². The number of carbonyl (C=O) groups excluding carboxylic acids is 1. The summed E-state index contributed by atoms with van der Waals surface area (Å²) < 4.78 is 10.5. The van der Waals surface area contributed by atoms with Gasteiger partial charge in [-0.25, -0.2) is 0 Å². The van der Waals surface area contributed by atoms with E-state index in [1.165, 1.54) is 5.57 Å². The van der Waals surface area contributed by atoms with Crippen molar-refractivity contribution in [2.75, 3.05) is 0 Å². The first kappa shape index (κ1) is 10.1. The second-order valence-corrected chi connectivity index (χ2v) is 3.54. The molecule has 0 saturated heterocycles. The Hall–Kier alpha value is -0.990. The zero-order valence-corrected chi connectivity index (χ0v) is 8.42. The summed E-state index contributed by atoms with van der Waals surface area (Å²) in [6, 6.07) is 0. The first-order chi connectivity index (χ1) is 6.06. The van der Waals surface area contributed by atoms with Crippen molar-refractivity contribution >= 4 is 5.97 Å². The fourth-order valence-corrected chi connectivity index (χ4v) is 1.16. The Balaban J connectivity index is 2.53. The van der Waals surface area contributed by atoms with E-state index in [1.54, 1.807) is 20.1 Å². The van der Waals surface area contributed by atoms with Crippen LogP contribution in [-0.4, -0.2) is 11.8 Å². The molecule has 0 amide bonds. The van der Waals surface area contributed by atoms with E-state index >= 15 is 0 Å². The monoisotopic (exact) mass is 184 g/mol. The Morgan fingerprint density at radius 2 is 2.46 bits per heavy atom. The molecule has 1 aliphatic heterocycles. The third kappa shape index (κ3) is 2.76. The summed E-state index contributed by atoms with van der Waals surface area (Å²) in [5.41, 5.74) is 1.19. The van der Waals surface area contributed by atoms with Crippen molar-refractivity contribution in [2.24, 2.45) is 0 Å². The predicted molar refractivity (Wildman–Crippen MR) is 48.9 cm³/mol. The molecule has 0 bridgehead atoms. The molecule has 1 rings (SSSR count). The van der Waals surface area contributed by atoms with Crippen LogP contribution < -0.4 is 0 Å². The maximum absolute atomic E-state index is 11.0. The van der Waals surface area contributed by atoms with Crippen molar-refractivity contribution in [3.8, 4) is 0 Å². The van der Waals surface area contributed by atoms with Gasteiger partial charge in [0.25, 0.3) is 5.79 Å². The molecule has 1 atom stereocenters. The Morgan fingerprint density at radius 3 is 2.92 bits per heavy atom. The Kier molecular flexibility index (Phi) is 2.96. The van der Waals surface area contributed by atoms with Gasteiger partial charge in [0.2, 0.25) is 0 Å². The molecule has 74 valence electrons. The van der Waals surface area contributed by atoms with Gasteiger partial charge in [0.1, 0.15) is 0 Å². The highest BCUT2D eigenvalue weighted by molar-refractivity contribution is 5.69. The molecular weight excluding hydrogens is 168 g/mol. The highest BCUT2D eigenvalue weighted by Crippen LogP contribution is 2.27. The Labute approximate surface area is 78.7 Å². The minimum Gasteiger partial charge on any atom is -0.460 e. The standard InChI is InChI=1S/C10H16O3/c1-4-9(11)13-10(3)6-5-8(2)7-12-10/h7H,4-6H2,1-3H3. The molecule has 3 heteroatoms. The number of allylic oxidation sites excluding steroid dienone is 1. The second-order valence-electron chi connectivity index (χ2n) is 3.54. The normalized spacial score (nSPS) is 27.5. The van der Waals surface area contributed by atoms with Crippen molar-refractivity contribution in [1.29, 1.82) is 0 Å². The molecule has 3 nitrogen and oxygen atoms in total. The molecule has 0 aromatic carbocycles. The molecule has 0 saturated carbocycles. The van der Waals surface area contributed by atoms with E-state index in [2.05, 4.69) is 0 Å². The SMILES string of the molecule is CCC(=O)OC1(C)CCC(C)=CO1. The fourth-order valence-electron chi connectivity index (χ4n) is 1.16. The van der Waals surface area contributed by atoms with Crippen LogP contribution in [0.15, 0.2) is 11.8 Å². The zero-order valence-electron chi connectivity index (χ0n) is 8.42. The zero-order chi connectivity index (χ0) is 9.90. The van der Waals surface area contributed by atoms with Crippen LogP contribution in [0.1, 0.15) is 40.0 Å². The summed E-state index contributed by atoms with van der Waals surface area (Å²) >= 11 is 0. The number of carbonyl (C=O) groups is 1. The second kappa shape index (κ2) is 3.81. The smallest absolute Gasteiger partial charge is 0.308 e. The largest absolute Gasteiger partial charge is 0.460 e. The third-order valence-corrected chi connectivity index (χ3v) is 2.10. The van der Waals surface area contributed by atoms with Crippen molar-refractivity contribution in [3.63, 3.8) is 0 Å². The summed E-state index contributed by atoms with van der Waals surface area (Å²) in [4.78, 5) is 11.0. The van der Waals surface area contributed by atoms with E-state index in [0.717, 1.165) is 12.8 Å². The molecule has 0 N–H and O–H groups in total. The van der Waals surface area contributed by atoms with E-state index in [0.29, 0.717) is 6.42 Å². The van der Waals surface area contributed by atoms with E-state index in [1.807, 2.05) is 6.92 Å². The van der Waals surface area contributed by atoms with Crippen molar-refractivity contribution < 1.29 is 14.3 Å². The molecule has 13 heavy (non-hydrogen) atoms. The van der Waals surface area contributed by atoms with Crippen LogP contribution in [-0.2, 0) is 14.3 Å². The van der Waals surface area contributed by atoms with Gasteiger partial charge in [0, 0.05) is 19.8 Å². The van der Waals surface area contributed by atoms with Crippen LogP contribution in [0.2, 0.25) is 0 Å². The summed E-state index contributed by atoms with van der Waals surface area (Å²) in [6.45, 7) is 5.57. The van der Waals surface area contributed by atoms with E-state index in [4.69, 9.17) is 9.47 Å². The van der Waals surface area contributed by atoms with Gasteiger partial charge in [-0.2, -0.15) is 0 Å². The molecule has 0 aliphatic carbocycles. The van der Waals surface area contributed by atoms with Crippen LogP contribution in [0.3, 0.4) is 0 Å². The molecule has 0 fully saturated rings. The predicted octanol–water partition coefficient (Wildman–Crippen LogP) is 2.37. The molecule has 0 radical (unpaired) electrons. The number of hydrogen-bond donors (Lipinski definition) is 0. The molecular formula is C10H16O3. The summed E-state index contributed by atoms with van der Waals surface area (Å²) in [5, 5.41) is 0. The van der Waals surface area contributed by atoms with Gasteiger partial charge < -0.3 is 9.47 Å². The van der Waals surface area contributed by atoms with Crippen LogP contribution in [0.5, 0.6) is 0 Å². The lowest BCUT2D eigenvalue weighted by molar-refractivity contribution is -0.209. The first-order valence-corrected chi connectivity index (χ1v) is 4.61. The van der Waals surface area contributed by atoms with Crippen molar-refractivity contribution in [3.05, 3.63) is 11.8 Å². The van der Waals surface area contributed by atoms with Crippen LogP contribution in [0.4, 0.5) is 0 Å². The third-order valence-electron chi connectivity index (χ3n) is 2.10. The molecule has 0 spiro atoms. The van der Waals surface area contributed by atoms with E-state index in [9.17, 15) is 4.79 Å². The molecule has 0 aromatic heterocycles. The van der Waals surface area contributed by atoms with Crippen molar-refractivity contribution in [1.82, 2.24) is 0 Å². The van der Waals surface area contributed by atoms with Gasteiger partial charge in [-0.15, -0.1) is 0 Å².